The van der Waals surface area contributed by atoms with Crippen LogP contribution in [0, 0.1) is 11.3 Å². The van der Waals surface area contributed by atoms with E-state index >= 15 is 0 Å². The first-order valence-corrected chi connectivity index (χ1v) is 7.14. The second-order valence-corrected chi connectivity index (χ2v) is 5.59. The largest absolute Gasteiger partial charge is 0.454 e. The minimum atomic E-state index is -0.494. The lowest BCUT2D eigenvalue weighted by Crippen LogP contribution is -2.46. The van der Waals surface area contributed by atoms with E-state index in [-0.39, 0.29) is 0 Å². The summed E-state index contributed by atoms with van der Waals surface area (Å²) in [6, 6.07) is 8.72. The van der Waals surface area contributed by atoms with E-state index in [1.165, 1.54) is 5.56 Å². The molecule has 20 heavy (non-hydrogen) atoms. The van der Waals surface area contributed by atoms with Crippen LogP contribution in [0.3, 0.4) is 0 Å². The van der Waals surface area contributed by atoms with E-state index < -0.39 is 5.54 Å². The van der Waals surface area contributed by atoms with Gasteiger partial charge >= 0.3 is 0 Å². The second kappa shape index (κ2) is 6.15. The van der Waals surface area contributed by atoms with Crippen molar-refractivity contribution in [1.29, 1.82) is 5.26 Å². The molecule has 0 fully saturated rings. The van der Waals surface area contributed by atoms with Crippen LogP contribution in [0.25, 0.3) is 0 Å². The summed E-state index contributed by atoms with van der Waals surface area (Å²) in [5.41, 5.74) is 0.674. The van der Waals surface area contributed by atoms with Gasteiger partial charge < -0.3 is 9.47 Å². The first-order valence-electron chi connectivity index (χ1n) is 7.14. The number of rotatable bonds is 6. The Morgan fingerprint density at radius 3 is 2.85 bits per heavy atom. The Bertz CT molecular complexity index is 510. The van der Waals surface area contributed by atoms with E-state index in [1.807, 2.05) is 25.1 Å². The molecule has 4 nitrogen and oxygen atoms in total. The molecule has 2 atom stereocenters. The fourth-order valence-corrected chi connectivity index (χ4v) is 2.30. The van der Waals surface area contributed by atoms with Gasteiger partial charge in [0, 0.05) is 6.04 Å². The van der Waals surface area contributed by atoms with Gasteiger partial charge in [-0.05, 0) is 50.8 Å². The van der Waals surface area contributed by atoms with Crippen LogP contribution in [-0.2, 0) is 6.42 Å². The van der Waals surface area contributed by atoms with Crippen LogP contribution < -0.4 is 14.8 Å². The van der Waals surface area contributed by atoms with Crippen molar-refractivity contribution in [3.63, 3.8) is 0 Å². The van der Waals surface area contributed by atoms with Gasteiger partial charge in [-0.1, -0.05) is 13.0 Å². The Kier molecular flexibility index (Phi) is 4.51. The third-order valence-corrected chi connectivity index (χ3v) is 3.77. The minimum Gasteiger partial charge on any atom is -0.454 e. The first kappa shape index (κ1) is 14.7. The maximum absolute atomic E-state index is 9.41. The first-order chi connectivity index (χ1) is 9.56. The average Bonchev–Trinajstić information content (AvgIpc) is 2.92. The zero-order valence-corrected chi connectivity index (χ0v) is 12.4. The smallest absolute Gasteiger partial charge is 0.231 e. The Labute approximate surface area is 120 Å². The molecular weight excluding hydrogens is 252 g/mol. The third kappa shape index (κ3) is 3.43. The molecule has 0 saturated carbocycles. The molecule has 0 bridgehead atoms. The van der Waals surface area contributed by atoms with Crippen LogP contribution in [0.2, 0.25) is 0 Å². The van der Waals surface area contributed by atoms with Gasteiger partial charge in [0.1, 0.15) is 5.54 Å². The highest BCUT2D eigenvalue weighted by Gasteiger charge is 2.25. The molecule has 0 amide bonds. The fraction of sp³-hybridized carbons (Fsp3) is 0.562. The van der Waals surface area contributed by atoms with Crippen LogP contribution in [-0.4, -0.2) is 18.4 Å². The van der Waals surface area contributed by atoms with Crippen molar-refractivity contribution >= 4 is 0 Å². The number of benzene rings is 1. The van der Waals surface area contributed by atoms with E-state index in [1.54, 1.807) is 0 Å². The van der Waals surface area contributed by atoms with Crippen molar-refractivity contribution in [1.82, 2.24) is 5.32 Å². The van der Waals surface area contributed by atoms with Crippen molar-refractivity contribution in [3.8, 4) is 17.6 Å². The van der Waals surface area contributed by atoms with Gasteiger partial charge in [-0.15, -0.1) is 0 Å². The summed E-state index contributed by atoms with van der Waals surface area (Å²) < 4.78 is 10.7. The van der Waals surface area contributed by atoms with Gasteiger partial charge in [-0.2, -0.15) is 5.26 Å². The summed E-state index contributed by atoms with van der Waals surface area (Å²) in [6.07, 6.45) is 2.62. The summed E-state index contributed by atoms with van der Waals surface area (Å²) in [7, 11) is 0. The summed E-state index contributed by atoms with van der Waals surface area (Å²) >= 11 is 0. The second-order valence-electron chi connectivity index (χ2n) is 5.59. The van der Waals surface area contributed by atoms with Crippen molar-refractivity contribution in [2.24, 2.45) is 0 Å². The Morgan fingerprint density at radius 2 is 2.15 bits per heavy atom. The summed E-state index contributed by atoms with van der Waals surface area (Å²) in [5.74, 6) is 1.60. The van der Waals surface area contributed by atoms with Crippen molar-refractivity contribution in [2.45, 2.75) is 51.6 Å². The molecule has 2 unspecified atom stereocenters. The molecule has 0 aromatic heterocycles. The summed E-state index contributed by atoms with van der Waals surface area (Å²) in [4.78, 5) is 0. The number of ether oxygens (including phenoxy) is 2. The number of fused-ring (bicyclic) bond motifs is 1. The molecule has 1 aromatic carbocycles. The van der Waals surface area contributed by atoms with Gasteiger partial charge in [0.15, 0.2) is 11.5 Å². The van der Waals surface area contributed by atoms with Crippen molar-refractivity contribution < 1.29 is 9.47 Å². The maximum Gasteiger partial charge on any atom is 0.231 e. The minimum absolute atomic E-state index is 0.296. The highest BCUT2D eigenvalue weighted by atomic mass is 16.7. The Hall–Kier alpha value is -1.73. The van der Waals surface area contributed by atoms with Crippen LogP contribution in [0.1, 0.15) is 39.2 Å². The van der Waals surface area contributed by atoms with E-state index in [2.05, 4.69) is 25.2 Å². The van der Waals surface area contributed by atoms with Gasteiger partial charge in [-0.3, -0.25) is 5.32 Å². The molecule has 108 valence electrons. The molecule has 1 aliphatic heterocycles. The number of hydrogen-bond donors (Lipinski definition) is 1. The maximum atomic E-state index is 9.41. The van der Waals surface area contributed by atoms with E-state index in [0.29, 0.717) is 12.8 Å². The number of aryl methyl sites for hydroxylation is 1. The molecule has 0 spiro atoms. The molecule has 0 saturated heterocycles. The number of nitriles is 1. The standard InChI is InChI=1S/C16H22N2O2/c1-4-12(2)18-16(3,10-17)8-7-13-5-6-14-15(9-13)20-11-19-14/h5-6,9,12,18H,4,7-8,11H2,1-3H3. The highest BCUT2D eigenvalue weighted by Crippen LogP contribution is 2.33. The normalized spacial score (nSPS) is 17.3. The number of hydrogen-bond acceptors (Lipinski definition) is 4. The van der Waals surface area contributed by atoms with Crippen LogP contribution >= 0.6 is 0 Å². The topological polar surface area (TPSA) is 54.3 Å². The fourth-order valence-electron chi connectivity index (χ4n) is 2.30. The molecule has 2 rings (SSSR count). The monoisotopic (exact) mass is 274 g/mol. The molecule has 1 aliphatic rings. The van der Waals surface area contributed by atoms with Crippen LogP contribution in [0.4, 0.5) is 0 Å². The van der Waals surface area contributed by atoms with Gasteiger partial charge in [0.05, 0.1) is 6.07 Å². The van der Waals surface area contributed by atoms with Crippen molar-refractivity contribution in [3.05, 3.63) is 23.8 Å². The Balaban J connectivity index is 1.98. The predicted molar refractivity (Wildman–Crippen MR) is 77.8 cm³/mol. The lowest BCUT2D eigenvalue weighted by atomic mass is 9.93. The van der Waals surface area contributed by atoms with Gasteiger partial charge in [0.25, 0.3) is 0 Å². The summed E-state index contributed by atoms with van der Waals surface area (Å²) in [5, 5.41) is 12.8. The molecule has 1 N–H and O–H groups in total. The molecule has 1 heterocycles. The quantitative estimate of drug-likeness (QED) is 0.866. The third-order valence-electron chi connectivity index (χ3n) is 3.77. The van der Waals surface area contributed by atoms with E-state index in [9.17, 15) is 5.26 Å². The molecule has 1 aromatic rings. The lowest BCUT2D eigenvalue weighted by Gasteiger charge is -2.27. The SMILES string of the molecule is CCC(C)NC(C)(C#N)CCc1ccc2c(c1)OCO2. The Morgan fingerprint density at radius 1 is 1.40 bits per heavy atom. The predicted octanol–water partition coefficient (Wildman–Crippen LogP) is 3.02. The lowest BCUT2D eigenvalue weighted by molar-refractivity contribution is 0.174. The summed E-state index contributed by atoms with van der Waals surface area (Å²) in [6.45, 7) is 6.49. The van der Waals surface area contributed by atoms with Crippen LogP contribution in [0.15, 0.2) is 18.2 Å². The molecular formula is C16H22N2O2. The average molecular weight is 274 g/mol. The zero-order chi connectivity index (χ0) is 14.6. The number of nitrogens with zero attached hydrogens (tertiary/aromatic N) is 1. The van der Waals surface area contributed by atoms with Gasteiger partial charge in [0.2, 0.25) is 6.79 Å². The molecule has 0 radical (unpaired) electrons. The van der Waals surface area contributed by atoms with E-state index in [4.69, 9.17) is 9.47 Å². The zero-order valence-electron chi connectivity index (χ0n) is 12.4. The van der Waals surface area contributed by atoms with Crippen molar-refractivity contribution in [2.75, 3.05) is 6.79 Å². The molecule has 4 heteroatoms. The highest BCUT2D eigenvalue weighted by molar-refractivity contribution is 5.44. The van der Waals surface area contributed by atoms with Gasteiger partial charge in [-0.25, -0.2) is 0 Å². The van der Waals surface area contributed by atoms with Crippen LogP contribution in [0.5, 0.6) is 11.5 Å². The van der Waals surface area contributed by atoms with E-state index in [0.717, 1.165) is 30.8 Å². The molecule has 0 aliphatic carbocycles. The number of nitrogens with one attached hydrogen (secondary N) is 1.